The molecule has 1 aromatic rings. The van der Waals surface area contributed by atoms with Crippen molar-refractivity contribution in [1.29, 1.82) is 0 Å². The Morgan fingerprint density at radius 3 is 2.53 bits per heavy atom. The van der Waals surface area contributed by atoms with Gasteiger partial charge in [0.15, 0.2) is 0 Å². The lowest BCUT2D eigenvalue weighted by atomic mass is 9.87. The molecule has 104 valence electrons. The third-order valence-corrected chi connectivity index (χ3v) is 3.79. The average Bonchev–Trinajstić information content (AvgIpc) is 2.65. The molecule has 0 bridgehead atoms. The van der Waals surface area contributed by atoms with E-state index >= 15 is 0 Å². The molecule has 0 fully saturated rings. The summed E-state index contributed by atoms with van der Waals surface area (Å²) < 4.78 is 1.58. The fourth-order valence-electron chi connectivity index (χ4n) is 2.88. The Morgan fingerprint density at radius 1 is 1.37 bits per heavy atom. The van der Waals surface area contributed by atoms with Gasteiger partial charge in [-0.1, -0.05) is 0 Å². The van der Waals surface area contributed by atoms with Crippen LogP contribution < -0.4 is 10.5 Å². The highest BCUT2D eigenvalue weighted by Gasteiger charge is 2.39. The molecule has 1 amide bonds. The number of carboxylic acids is 1. The third kappa shape index (κ3) is 2.16. The number of carbonyl (C=O) groups is 2. The number of amides is 1. The molecule has 7 nitrogen and oxygen atoms in total. The zero-order valence-corrected chi connectivity index (χ0v) is 11.1. The smallest absolute Gasteiger partial charge is 0.303 e. The molecule has 3 unspecified atom stereocenters. The van der Waals surface area contributed by atoms with Crippen LogP contribution in [0, 0.1) is 5.92 Å². The molecule has 1 aromatic heterocycles. The second-order valence-corrected chi connectivity index (χ2v) is 4.98. The molecule has 0 radical (unpaired) electrons. The van der Waals surface area contributed by atoms with Crippen LogP contribution in [0.2, 0.25) is 0 Å². The number of aromatic nitrogens is 2. The summed E-state index contributed by atoms with van der Waals surface area (Å²) in [5.41, 5.74) is -0.295. The average molecular weight is 267 g/mol. The predicted octanol–water partition coefficient (Wildman–Crippen LogP) is 0.583. The van der Waals surface area contributed by atoms with Gasteiger partial charge in [-0.15, -0.1) is 0 Å². The molecule has 2 rings (SSSR count). The third-order valence-electron chi connectivity index (χ3n) is 3.79. The number of rotatable bonds is 2. The molecule has 0 aromatic carbocycles. The Bertz CT molecular complexity index is 574. The number of aromatic amines is 1. The van der Waals surface area contributed by atoms with E-state index < -0.39 is 5.97 Å². The van der Waals surface area contributed by atoms with Crippen LogP contribution in [0.1, 0.15) is 33.2 Å². The minimum absolute atomic E-state index is 0.0498. The van der Waals surface area contributed by atoms with E-state index in [0.717, 1.165) is 0 Å². The number of aliphatic carboxylic acids is 1. The zero-order chi connectivity index (χ0) is 14.3. The topological polar surface area (TPSA) is 95.4 Å². The lowest BCUT2D eigenvalue weighted by Crippen LogP contribution is -2.50. The number of nitrogens with zero attached hydrogens (tertiary/aromatic N) is 2. The molecular formula is C12H17N3O4. The lowest BCUT2D eigenvalue weighted by Gasteiger charge is -2.42. The van der Waals surface area contributed by atoms with Gasteiger partial charge < -0.3 is 5.11 Å². The summed E-state index contributed by atoms with van der Waals surface area (Å²) in [6.45, 7) is 5.07. The van der Waals surface area contributed by atoms with E-state index in [9.17, 15) is 14.4 Å². The summed E-state index contributed by atoms with van der Waals surface area (Å²) in [7, 11) is 0. The van der Waals surface area contributed by atoms with Crippen LogP contribution in [0.4, 0.5) is 5.82 Å². The van der Waals surface area contributed by atoms with Gasteiger partial charge >= 0.3 is 5.97 Å². The maximum Gasteiger partial charge on any atom is 0.303 e. The number of H-pyrrole nitrogens is 1. The largest absolute Gasteiger partial charge is 0.481 e. The molecular weight excluding hydrogens is 250 g/mol. The number of hydrogen-bond acceptors (Lipinski definition) is 3. The van der Waals surface area contributed by atoms with Gasteiger partial charge in [-0.2, -0.15) is 0 Å². The van der Waals surface area contributed by atoms with Crippen LogP contribution in [0.3, 0.4) is 0 Å². The fraction of sp³-hybridized carbons (Fsp3) is 0.583. The highest BCUT2D eigenvalue weighted by Crippen LogP contribution is 2.36. The SMILES string of the molecule is CC(=O)N1c2cc(=O)[nH]n2C(C)C(CC(=O)O)C1C. The van der Waals surface area contributed by atoms with Crippen molar-refractivity contribution >= 4 is 17.7 Å². The van der Waals surface area contributed by atoms with Crippen LogP contribution in [0.15, 0.2) is 10.9 Å². The maximum absolute atomic E-state index is 11.8. The fourth-order valence-corrected chi connectivity index (χ4v) is 2.88. The minimum atomic E-state index is -0.912. The number of carboxylic acid groups (broad SMARTS) is 1. The number of carbonyl (C=O) groups excluding carboxylic acids is 1. The van der Waals surface area contributed by atoms with Gasteiger partial charge in [0, 0.05) is 24.9 Å². The van der Waals surface area contributed by atoms with Crippen LogP contribution in [-0.4, -0.2) is 32.8 Å². The molecule has 3 atom stereocenters. The zero-order valence-electron chi connectivity index (χ0n) is 11.1. The highest BCUT2D eigenvalue weighted by molar-refractivity contribution is 5.91. The Balaban J connectivity index is 2.52. The normalized spacial score (nSPS) is 26.1. The van der Waals surface area contributed by atoms with E-state index in [-0.39, 0.29) is 35.9 Å². The molecule has 0 aliphatic carbocycles. The molecule has 0 saturated heterocycles. The monoisotopic (exact) mass is 267 g/mol. The van der Waals surface area contributed by atoms with Crippen molar-refractivity contribution in [3.05, 3.63) is 16.4 Å². The van der Waals surface area contributed by atoms with E-state index in [1.54, 1.807) is 4.68 Å². The van der Waals surface area contributed by atoms with E-state index in [1.165, 1.54) is 17.9 Å². The lowest BCUT2D eigenvalue weighted by molar-refractivity contribution is -0.139. The standard InChI is InChI=1S/C12H17N3O4/c1-6-9(4-12(18)19)7(2)15-11(5-10(17)13-15)14(6)8(3)16/h5-7,9H,4H2,1-3H3,(H,13,17)(H,18,19). The Labute approximate surface area is 109 Å². The summed E-state index contributed by atoms with van der Waals surface area (Å²) in [5, 5.41) is 11.6. The van der Waals surface area contributed by atoms with Crippen molar-refractivity contribution in [3.8, 4) is 0 Å². The van der Waals surface area contributed by atoms with Crippen LogP contribution in [0.25, 0.3) is 0 Å². The molecule has 1 aliphatic rings. The number of nitrogens with one attached hydrogen (secondary N) is 1. The summed E-state index contributed by atoms with van der Waals surface area (Å²) in [5.74, 6) is -0.871. The number of hydrogen-bond donors (Lipinski definition) is 2. The summed E-state index contributed by atoms with van der Waals surface area (Å²) >= 11 is 0. The summed E-state index contributed by atoms with van der Waals surface area (Å²) in [6, 6.07) is 0.920. The van der Waals surface area contributed by atoms with Gasteiger partial charge in [0.2, 0.25) is 5.91 Å². The van der Waals surface area contributed by atoms with Gasteiger partial charge in [-0.3, -0.25) is 29.1 Å². The van der Waals surface area contributed by atoms with Gasteiger partial charge in [0.05, 0.1) is 12.5 Å². The molecule has 1 aliphatic heterocycles. The van der Waals surface area contributed by atoms with Gasteiger partial charge in [-0.05, 0) is 13.8 Å². The Kier molecular flexibility index (Phi) is 3.21. The van der Waals surface area contributed by atoms with Crippen molar-refractivity contribution in [2.45, 2.75) is 39.3 Å². The summed E-state index contributed by atoms with van der Waals surface area (Å²) in [4.78, 5) is 35.7. The van der Waals surface area contributed by atoms with Crippen molar-refractivity contribution < 1.29 is 14.7 Å². The second-order valence-electron chi connectivity index (χ2n) is 4.98. The minimum Gasteiger partial charge on any atom is -0.481 e. The van der Waals surface area contributed by atoms with Gasteiger partial charge in [-0.25, -0.2) is 0 Å². The van der Waals surface area contributed by atoms with Crippen molar-refractivity contribution in [2.75, 3.05) is 4.90 Å². The van der Waals surface area contributed by atoms with E-state index in [4.69, 9.17) is 5.11 Å². The molecule has 0 spiro atoms. The van der Waals surface area contributed by atoms with Gasteiger partial charge in [0.25, 0.3) is 5.56 Å². The van der Waals surface area contributed by atoms with Crippen LogP contribution in [-0.2, 0) is 9.59 Å². The van der Waals surface area contributed by atoms with E-state index in [2.05, 4.69) is 5.10 Å². The quantitative estimate of drug-likeness (QED) is 0.819. The van der Waals surface area contributed by atoms with Crippen LogP contribution in [0.5, 0.6) is 0 Å². The van der Waals surface area contributed by atoms with E-state index in [0.29, 0.717) is 5.82 Å². The second kappa shape index (κ2) is 4.56. The molecule has 19 heavy (non-hydrogen) atoms. The number of anilines is 1. The van der Waals surface area contributed by atoms with Crippen LogP contribution >= 0.6 is 0 Å². The first-order valence-electron chi connectivity index (χ1n) is 6.16. The van der Waals surface area contributed by atoms with Gasteiger partial charge in [0.1, 0.15) is 5.82 Å². The highest BCUT2D eigenvalue weighted by atomic mass is 16.4. The van der Waals surface area contributed by atoms with Crippen molar-refractivity contribution in [2.24, 2.45) is 5.92 Å². The molecule has 2 heterocycles. The molecule has 7 heteroatoms. The maximum atomic E-state index is 11.8. The summed E-state index contributed by atoms with van der Waals surface area (Å²) in [6.07, 6.45) is -0.0498. The predicted molar refractivity (Wildman–Crippen MR) is 68.1 cm³/mol. The number of fused-ring (bicyclic) bond motifs is 1. The van der Waals surface area contributed by atoms with Crippen molar-refractivity contribution in [3.63, 3.8) is 0 Å². The van der Waals surface area contributed by atoms with Crippen molar-refractivity contribution in [1.82, 2.24) is 9.78 Å². The molecule has 0 saturated carbocycles. The first kappa shape index (κ1) is 13.4. The molecule has 2 N–H and O–H groups in total. The first-order valence-corrected chi connectivity index (χ1v) is 6.16. The first-order chi connectivity index (χ1) is 8.82. The Hall–Kier alpha value is -2.05. The van der Waals surface area contributed by atoms with E-state index in [1.807, 2.05) is 13.8 Å². The Morgan fingerprint density at radius 2 is 2.00 bits per heavy atom.